The predicted octanol–water partition coefficient (Wildman–Crippen LogP) is 3.80. The maximum atomic E-state index is 13.7. The number of ether oxygens (including phenoxy) is 1. The van der Waals surface area contributed by atoms with Crippen molar-refractivity contribution in [2.45, 2.75) is 32.7 Å². The van der Waals surface area contributed by atoms with Crippen molar-refractivity contribution in [3.63, 3.8) is 0 Å². The second-order valence-electron chi connectivity index (χ2n) is 6.14. The number of halogens is 1. The minimum absolute atomic E-state index is 0.194. The molecule has 0 spiro atoms. The van der Waals surface area contributed by atoms with Gasteiger partial charge < -0.3 is 15.0 Å². The van der Waals surface area contributed by atoms with Crippen molar-refractivity contribution in [1.82, 2.24) is 15.2 Å². The highest BCUT2D eigenvalue weighted by Gasteiger charge is 2.11. The summed E-state index contributed by atoms with van der Waals surface area (Å²) in [4.78, 5) is 18.2. The Labute approximate surface area is 151 Å². The van der Waals surface area contributed by atoms with Crippen molar-refractivity contribution < 1.29 is 13.9 Å². The minimum atomic E-state index is -0.432. The molecule has 0 unspecified atom stereocenters. The number of carbonyl (C=O) groups excluding carboxylic acids is 1. The number of hydrogen-bond donors (Lipinski definition) is 1. The van der Waals surface area contributed by atoms with E-state index in [1.165, 1.54) is 18.1 Å². The summed E-state index contributed by atoms with van der Waals surface area (Å²) in [7, 11) is 3.10. The van der Waals surface area contributed by atoms with Crippen molar-refractivity contribution in [2.24, 2.45) is 0 Å². The third kappa shape index (κ3) is 5.42. The van der Waals surface area contributed by atoms with E-state index in [1.54, 1.807) is 30.5 Å². The zero-order valence-corrected chi connectivity index (χ0v) is 15.8. The quantitative estimate of drug-likeness (QED) is 0.812. The number of aromatic nitrogens is 1. The van der Waals surface area contributed by atoms with Gasteiger partial charge in [0.1, 0.15) is 0 Å². The van der Waals surface area contributed by atoms with Gasteiger partial charge in [-0.15, -0.1) is 11.3 Å². The average Bonchev–Trinajstić information content (AvgIpc) is 3.04. The lowest BCUT2D eigenvalue weighted by Gasteiger charge is -2.18. The number of thiazole rings is 1. The van der Waals surface area contributed by atoms with Crippen molar-refractivity contribution in [1.29, 1.82) is 0 Å². The summed E-state index contributed by atoms with van der Waals surface area (Å²) in [5.74, 6) is 0.183. The molecule has 1 aromatic heterocycles. The minimum Gasteiger partial charge on any atom is -0.494 e. The van der Waals surface area contributed by atoms with E-state index in [0.29, 0.717) is 31.0 Å². The van der Waals surface area contributed by atoms with Gasteiger partial charge in [0.25, 0.3) is 0 Å². The molecular formula is C18H24FN3O2S. The van der Waals surface area contributed by atoms with E-state index >= 15 is 0 Å². The van der Waals surface area contributed by atoms with Crippen LogP contribution in [-0.2, 0) is 13.0 Å². The fraction of sp³-hybridized carbons (Fsp3) is 0.444. The topological polar surface area (TPSA) is 54.5 Å². The van der Waals surface area contributed by atoms with Crippen LogP contribution in [0.1, 0.15) is 36.0 Å². The van der Waals surface area contributed by atoms with Gasteiger partial charge in [0.15, 0.2) is 11.6 Å². The molecule has 0 aliphatic heterocycles. The van der Waals surface area contributed by atoms with Gasteiger partial charge >= 0.3 is 6.03 Å². The molecule has 5 nitrogen and oxygen atoms in total. The third-order valence-corrected chi connectivity index (χ3v) is 4.90. The van der Waals surface area contributed by atoms with Crippen LogP contribution >= 0.6 is 11.3 Å². The second kappa shape index (κ2) is 8.80. The monoisotopic (exact) mass is 365 g/mol. The first-order valence-electron chi connectivity index (χ1n) is 8.16. The van der Waals surface area contributed by atoms with Crippen LogP contribution in [0.25, 0.3) is 0 Å². The van der Waals surface area contributed by atoms with Crippen molar-refractivity contribution in [3.8, 4) is 5.75 Å². The van der Waals surface area contributed by atoms with Crippen LogP contribution in [-0.4, -0.2) is 36.6 Å². The summed E-state index contributed by atoms with van der Waals surface area (Å²) in [5, 5.41) is 6.00. The lowest BCUT2D eigenvalue weighted by molar-refractivity contribution is 0.207. The van der Waals surface area contributed by atoms with Gasteiger partial charge in [0, 0.05) is 37.9 Å². The number of amides is 2. The first-order chi connectivity index (χ1) is 11.9. The largest absolute Gasteiger partial charge is 0.494 e. The molecule has 0 bridgehead atoms. The fourth-order valence-corrected chi connectivity index (χ4v) is 3.16. The van der Waals surface area contributed by atoms with Crippen LogP contribution in [0, 0.1) is 5.82 Å². The highest BCUT2D eigenvalue weighted by atomic mass is 32.1. The summed E-state index contributed by atoms with van der Waals surface area (Å²) >= 11 is 1.65. The molecule has 0 radical (unpaired) electrons. The summed E-state index contributed by atoms with van der Waals surface area (Å²) in [6.45, 7) is 5.06. The van der Waals surface area contributed by atoms with E-state index < -0.39 is 5.82 Å². The van der Waals surface area contributed by atoms with Crippen molar-refractivity contribution >= 4 is 17.4 Å². The van der Waals surface area contributed by atoms with Crippen LogP contribution in [0.2, 0.25) is 0 Å². The summed E-state index contributed by atoms with van der Waals surface area (Å²) in [6.07, 6.45) is 0.694. The average molecular weight is 365 g/mol. The molecule has 0 fully saturated rings. The number of rotatable bonds is 7. The Hall–Kier alpha value is -2.15. The number of nitrogens with one attached hydrogen (secondary N) is 1. The molecule has 0 saturated heterocycles. The molecule has 1 heterocycles. The lowest BCUT2D eigenvalue weighted by Crippen LogP contribution is -2.37. The zero-order chi connectivity index (χ0) is 18.4. The van der Waals surface area contributed by atoms with E-state index in [4.69, 9.17) is 4.74 Å². The molecule has 0 saturated carbocycles. The van der Waals surface area contributed by atoms with Crippen LogP contribution in [0.3, 0.4) is 0 Å². The molecule has 2 aromatic rings. The Morgan fingerprint density at radius 3 is 2.80 bits per heavy atom. The smallest absolute Gasteiger partial charge is 0.317 e. The second-order valence-corrected chi connectivity index (χ2v) is 7.03. The van der Waals surface area contributed by atoms with Crippen LogP contribution in [0.5, 0.6) is 5.75 Å². The van der Waals surface area contributed by atoms with E-state index in [0.717, 1.165) is 10.7 Å². The first-order valence-corrected chi connectivity index (χ1v) is 9.04. The van der Waals surface area contributed by atoms with E-state index in [2.05, 4.69) is 24.1 Å². The Morgan fingerprint density at radius 1 is 1.44 bits per heavy atom. The molecule has 1 N–H and O–H groups in total. The number of hydrogen-bond acceptors (Lipinski definition) is 4. The maximum absolute atomic E-state index is 13.7. The highest BCUT2D eigenvalue weighted by molar-refractivity contribution is 7.09. The van der Waals surface area contributed by atoms with Crippen LogP contribution < -0.4 is 10.1 Å². The molecule has 2 rings (SSSR count). The molecule has 2 amide bonds. The molecule has 0 atom stereocenters. The molecule has 0 aliphatic carbocycles. The number of benzene rings is 1. The van der Waals surface area contributed by atoms with Gasteiger partial charge in [-0.05, 0) is 17.7 Å². The Balaban J connectivity index is 1.80. The summed E-state index contributed by atoms with van der Waals surface area (Å²) < 4.78 is 18.6. The third-order valence-electron chi connectivity index (χ3n) is 3.70. The standard InChI is InChI=1S/C18H24FN3O2S/c1-12(2)17-21-14(11-25-17)7-8-20-18(23)22(3)10-13-5-6-16(24-4)15(19)9-13/h5-6,9,11-12H,7-8,10H2,1-4H3,(H,20,23). The molecule has 136 valence electrons. The Morgan fingerprint density at radius 2 is 2.20 bits per heavy atom. The van der Waals surface area contributed by atoms with Crippen LogP contribution in [0.15, 0.2) is 23.6 Å². The van der Waals surface area contributed by atoms with E-state index in [-0.39, 0.29) is 11.8 Å². The first kappa shape index (κ1) is 19.2. The molecule has 0 aliphatic rings. The van der Waals surface area contributed by atoms with E-state index in [9.17, 15) is 9.18 Å². The number of nitrogens with zero attached hydrogens (tertiary/aromatic N) is 2. The van der Waals surface area contributed by atoms with E-state index in [1.807, 2.05) is 5.38 Å². The fourth-order valence-electron chi connectivity index (χ4n) is 2.29. The van der Waals surface area contributed by atoms with Crippen molar-refractivity contribution in [3.05, 3.63) is 45.7 Å². The Bertz CT molecular complexity index is 718. The Kier molecular flexibility index (Phi) is 6.75. The van der Waals surface area contributed by atoms with Gasteiger partial charge in [-0.3, -0.25) is 0 Å². The summed E-state index contributed by atoms with van der Waals surface area (Å²) in [5.41, 5.74) is 1.70. The SMILES string of the molecule is COc1ccc(CN(C)C(=O)NCCc2csc(C(C)C)n2)cc1F. The van der Waals surface area contributed by atoms with Gasteiger partial charge in [0.2, 0.25) is 0 Å². The molecule has 1 aromatic carbocycles. The van der Waals surface area contributed by atoms with Gasteiger partial charge in [-0.2, -0.15) is 0 Å². The van der Waals surface area contributed by atoms with Crippen molar-refractivity contribution in [2.75, 3.05) is 20.7 Å². The number of urea groups is 1. The number of methoxy groups -OCH3 is 1. The molecule has 25 heavy (non-hydrogen) atoms. The molecule has 7 heteroatoms. The maximum Gasteiger partial charge on any atom is 0.317 e. The van der Waals surface area contributed by atoms with Gasteiger partial charge in [-0.25, -0.2) is 14.2 Å². The zero-order valence-electron chi connectivity index (χ0n) is 15.0. The number of carbonyl (C=O) groups is 1. The predicted molar refractivity (Wildman–Crippen MR) is 97.7 cm³/mol. The lowest BCUT2D eigenvalue weighted by atomic mass is 10.2. The van der Waals surface area contributed by atoms with Gasteiger partial charge in [0.05, 0.1) is 17.8 Å². The molecular weight excluding hydrogens is 341 g/mol. The normalized spacial score (nSPS) is 10.8. The summed E-state index contributed by atoms with van der Waals surface area (Å²) in [6, 6.07) is 4.49. The van der Waals surface area contributed by atoms with Gasteiger partial charge in [-0.1, -0.05) is 19.9 Å². The van der Waals surface area contributed by atoms with Crippen LogP contribution in [0.4, 0.5) is 9.18 Å². The highest BCUT2D eigenvalue weighted by Crippen LogP contribution is 2.19.